The van der Waals surface area contributed by atoms with E-state index in [1.165, 1.54) is 17.1 Å². The minimum absolute atomic E-state index is 0.0207. The van der Waals surface area contributed by atoms with E-state index in [1.807, 2.05) is 30.3 Å². The maximum atomic E-state index is 14.8. The molecule has 0 saturated carbocycles. The SMILES string of the molecule is N#Cc1nn(Cc2ccc3ncc(Cl)cc3c2)cc1C(=O)NCc1ccc2[nH]cc(Cl)c2c1F. The molecule has 0 aliphatic heterocycles. The average molecular weight is 493 g/mol. The molecule has 1 amide bonds. The van der Waals surface area contributed by atoms with Crippen LogP contribution < -0.4 is 5.32 Å². The Balaban J connectivity index is 1.35. The third-order valence-electron chi connectivity index (χ3n) is 5.42. The number of H-pyrrole nitrogens is 1. The van der Waals surface area contributed by atoms with Gasteiger partial charge in [-0.05, 0) is 29.8 Å². The van der Waals surface area contributed by atoms with Crippen molar-refractivity contribution < 1.29 is 9.18 Å². The van der Waals surface area contributed by atoms with Crippen LogP contribution in [0.2, 0.25) is 10.0 Å². The Morgan fingerprint density at radius 2 is 2.09 bits per heavy atom. The van der Waals surface area contributed by atoms with E-state index in [9.17, 15) is 14.4 Å². The van der Waals surface area contributed by atoms with Crippen LogP contribution in [0.5, 0.6) is 0 Å². The van der Waals surface area contributed by atoms with E-state index in [4.69, 9.17) is 23.2 Å². The van der Waals surface area contributed by atoms with Crippen LogP contribution in [-0.4, -0.2) is 25.7 Å². The molecule has 0 atom stereocenters. The van der Waals surface area contributed by atoms with Crippen molar-refractivity contribution in [2.75, 3.05) is 0 Å². The highest BCUT2D eigenvalue weighted by Gasteiger charge is 2.18. The van der Waals surface area contributed by atoms with Gasteiger partial charge < -0.3 is 10.3 Å². The van der Waals surface area contributed by atoms with Gasteiger partial charge in [0.1, 0.15) is 11.9 Å². The number of hydrogen-bond donors (Lipinski definition) is 2. The molecule has 3 aromatic heterocycles. The van der Waals surface area contributed by atoms with Crippen molar-refractivity contribution in [3.63, 3.8) is 0 Å². The zero-order valence-corrected chi connectivity index (χ0v) is 19.0. The van der Waals surface area contributed by atoms with Gasteiger partial charge in [0.15, 0.2) is 5.69 Å². The summed E-state index contributed by atoms with van der Waals surface area (Å²) in [6.07, 6.45) is 4.58. The van der Waals surface area contributed by atoms with Gasteiger partial charge in [-0.2, -0.15) is 10.4 Å². The lowest BCUT2D eigenvalue weighted by molar-refractivity contribution is 0.0950. The standard InChI is InChI=1S/C24H15Cl2FN6O/c25-16-6-15-5-13(1-3-19(15)29-9-16)11-33-12-17(21(7-28)32-33)24(34)31-8-14-2-4-20-22(23(14)27)18(26)10-30-20/h1-6,9-10,12,30H,8,11H2,(H,31,34). The number of aromatic nitrogens is 4. The first-order valence-corrected chi connectivity index (χ1v) is 10.9. The Morgan fingerprint density at radius 3 is 2.91 bits per heavy atom. The Kier molecular flexibility index (Phi) is 5.65. The first-order valence-electron chi connectivity index (χ1n) is 10.2. The summed E-state index contributed by atoms with van der Waals surface area (Å²) in [5.74, 6) is -1.04. The number of fused-ring (bicyclic) bond motifs is 2. The summed E-state index contributed by atoms with van der Waals surface area (Å²) < 4.78 is 16.3. The fourth-order valence-corrected chi connectivity index (χ4v) is 4.19. The molecule has 0 fully saturated rings. The number of amides is 1. The average Bonchev–Trinajstić information content (AvgIpc) is 3.41. The van der Waals surface area contributed by atoms with Crippen molar-refractivity contribution in [2.45, 2.75) is 13.1 Å². The molecule has 0 aliphatic carbocycles. The largest absolute Gasteiger partial charge is 0.360 e. The molecule has 0 radical (unpaired) electrons. The van der Waals surface area contributed by atoms with Crippen molar-refractivity contribution in [1.29, 1.82) is 5.26 Å². The number of pyridine rings is 1. The van der Waals surface area contributed by atoms with E-state index in [1.54, 1.807) is 18.3 Å². The first kappa shape index (κ1) is 21.9. The van der Waals surface area contributed by atoms with E-state index >= 15 is 0 Å². The van der Waals surface area contributed by atoms with Gasteiger partial charge >= 0.3 is 0 Å². The van der Waals surface area contributed by atoms with E-state index in [0.717, 1.165) is 16.5 Å². The van der Waals surface area contributed by atoms with Crippen LogP contribution in [0.3, 0.4) is 0 Å². The van der Waals surface area contributed by atoms with Gasteiger partial charge in [-0.15, -0.1) is 0 Å². The molecule has 7 nitrogen and oxygen atoms in total. The maximum Gasteiger partial charge on any atom is 0.256 e. The van der Waals surface area contributed by atoms with Crippen LogP contribution in [0, 0.1) is 17.1 Å². The molecule has 34 heavy (non-hydrogen) atoms. The quantitative estimate of drug-likeness (QED) is 0.351. The van der Waals surface area contributed by atoms with Crippen LogP contribution in [0.4, 0.5) is 4.39 Å². The number of rotatable bonds is 5. The van der Waals surface area contributed by atoms with Crippen LogP contribution in [0.1, 0.15) is 27.2 Å². The number of nitriles is 1. The lowest BCUT2D eigenvalue weighted by Gasteiger charge is -2.07. The van der Waals surface area contributed by atoms with Crippen LogP contribution in [0.25, 0.3) is 21.8 Å². The van der Waals surface area contributed by atoms with Gasteiger partial charge in [0.05, 0.1) is 33.1 Å². The molecule has 0 aliphatic rings. The van der Waals surface area contributed by atoms with Gasteiger partial charge in [0.25, 0.3) is 5.91 Å². The van der Waals surface area contributed by atoms with Crippen molar-refractivity contribution in [1.82, 2.24) is 25.1 Å². The third-order valence-corrected chi connectivity index (χ3v) is 5.93. The molecular weight excluding hydrogens is 478 g/mol. The monoisotopic (exact) mass is 492 g/mol. The first-order chi connectivity index (χ1) is 16.4. The molecule has 0 saturated heterocycles. The van der Waals surface area contributed by atoms with Crippen molar-refractivity contribution in [3.05, 3.63) is 93.2 Å². The van der Waals surface area contributed by atoms with Crippen LogP contribution in [-0.2, 0) is 13.1 Å². The highest BCUT2D eigenvalue weighted by atomic mass is 35.5. The predicted molar refractivity (Wildman–Crippen MR) is 127 cm³/mol. The summed E-state index contributed by atoms with van der Waals surface area (Å²) in [4.78, 5) is 19.9. The van der Waals surface area contributed by atoms with E-state index in [0.29, 0.717) is 17.1 Å². The van der Waals surface area contributed by atoms with E-state index < -0.39 is 11.7 Å². The number of aromatic amines is 1. The number of carbonyl (C=O) groups is 1. The molecule has 168 valence electrons. The molecule has 2 aromatic carbocycles. The van der Waals surface area contributed by atoms with Gasteiger partial charge in [0, 0.05) is 41.6 Å². The van der Waals surface area contributed by atoms with E-state index in [2.05, 4.69) is 20.4 Å². The molecule has 10 heteroatoms. The highest BCUT2D eigenvalue weighted by molar-refractivity contribution is 6.35. The number of nitrogens with zero attached hydrogens (tertiary/aromatic N) is 4. The minimum atomic E-state index is -0.531. The molecule has 3 heterocycles. The second kappa shape index (κ2) is 8.78. The fourth-order valence-electron chi connectivity index (χ4n) is 3.78. The molecule has 0 unspecified atom stereocenters. The van der Waals surface area contributed by atoms with Gasteiger partial charge in [-0.1, -0.05) is 35.3 Å². The molecule has 5 aromatic rings. The van der Waals surface area contributed by atoms with E-state index in [-0.39, 0.29) is 33.8 Å². The molecule has 0 spiro atoms. The maximum absolute atomic E-state index is 14.8. The van der Waals surface area contributed by atoms with Gasteiger partial charge in [-0.25, -0.2) is 4.39 Å². The number of benzene rings is 2. The summed E-state index contributed by atoms with van der Waals surface area (Å²) in [5.41, 5.74) is 2.63. The number of hydrogen-bond acceptors (Lipinski definition) is 4. The number of nitrogens with one attached hydrogen (secondary N) is 2. The molecule has 0 bridgehead atoms. The predicted octanol–water partition coefficient (Wildman–Crippen LogP) is 5.21. The number of halogens is 3. The third kappa shape index (κ3) is 4.07. The Bertz CT molecular complexity index is 1620. The van der Waals surface area contributed by atoms with Crippen molar-refractivity contribution in [2.24, 2.45) is 0 Å². The minimum Gasteiger partial charge on any atom is -0.360 e. The van der Waals surface area contributed by atoms with Gasteiger partial charge in [0.2, 0.25) is 0 Å². The second-order valence-corrected chi connectivity index (χ2v) is 8.51. The molecule has 2 N–H and O–H groups in total. The zero-order valence-electron chi connectivity index (χ0n) is 17.4. The summed E-state index contributed by atoms with van der Waals surface area (Å²) in [5, 5.41) is 18.3. The number of carbonyl (C=O) groups excluding carboxylic acids is 1. The Morgan fingerprint density at radius 1 is 1.24 bits per heavy atom. The highest BCUT2D eigenvalue weighted by Crippen LogP contribution is 2.28. The van der Waals surface area contributed by atoms with Crippen LogP contribution >= 0.6 is 23.2 Å². The summed E-state index contributed by atoms with van der Waals surface area (Å²) in [6.45, 7) is 0.262. The summed E-state index contributed by atoms with van der Waals surface area (Å²) >= 11 is 12.1. The van der Waals surface area contributed by atoms with Crippen molar-refractivity contribution >= 4 is 50.9 Å². The molecule has 5 rings (SSSR count). The summed E-state index contributed by atoms with van der Waals surface area (Å²) in [6, 6.07) is 12.7. The molecular formula is C24H15Cl2FN6O. The van der Waals surface area contributed by atoms with Gasteiger partial charge in [-0.3, -0.25) is 14.5 Å². The zero-order chi connectivity index (χ0) is 23.8. The lowest BCUT2D eigenvalue weighted by Crippen LogP contribution is -2.23. The fraction of sp³-hybridized carbons (Fsp3) is 0.0833. The Hall–Kier alpha value is -3.93. The van der Waals surface area contributed by atoms with Crippen molar-refractivity contribution in [3.8, 4) is 6.07 Å². The normalized spacial score (nSPS) is 11.1. The lowest BCUT2D eigenvalue weighted by atomic mass is 10.1. The Labute approximate surface area is 202 Å². The smallest absolute Gasteiger partial charge is 0.256 e. The second-order valence-electron chi connectivity index (χ2n) is 7.66. The summed E-state index contributed by atoms with van der Waals surface area (Å²) in [7, 11) is 0. The topological polar surface area (TPSA) is 99.4 Å². The van der Waals surface area contributed by atoms with Crippen LogP contribution in [0.15, 0.2) is 55.0 Å².